The van der Waals surface area contributed by atoms with E-state index in [1.54, 1.807) is 26.8 Å². The van der Waals surface area contributed by atoms with Crippen molar-refractivity contribution >= 4 is 17.6 Å². The molecule has 0 aliphatic carbocycles. The lowest BCUT2D eigenvalue weighted by Crippen LogP contribution is -2.24. The molecule has 0 fully saturated rings. The topological polar surface area (TPSA) is 81.4 Å². The predicted molar refractivity (Wildman–Crippen MR) is 80.4 cm³/mol. The molecule has 1 aromatic heterocycles. The zero-order valence-corrected chi connectivity index (χ0v) is 13.1. The average molecular weight is 320 g/mol. The molecule has 122 valence electrons. The molecule has 0 saturated heterocycles. The van der Waals surface area contributed by atoms with Crippen LogP contribution in [0.4, 0.5) is 10.1 Å². The Morgan fingerprint density at radius 2 is 2.04 bits per heavy atom. The molecule has 2 rings (SSSR count). The number of ether oxygens (including phenoxy) is 1. The Hall–Kier alpha value is -2.70. The van der Waals surface area contributed by atoms with Gasteiger partial charge in [0.1, 0.15) is 17.7 Å². The molecule has 0 spiro atoms. The highest BCUT2D eigenvalue weighted by atomic mass is 19.1. The van der Waals surface area contributed by atoms with Gasteiger partial charge in [-0.2, -0.15) is 0 Å². The molecule has 6 nitrogen and oxygen atoms in total. The van der Waals surface area contributed by atoms with E-state index in [1.165, 1.54) is 18.4 Å². The van der Waals surface area contributed by atoms with Crippen LogP contribution in [0.25, 0.3) is 0 Å². The molecular weight excluding hydrogens is 303 g/mol. The SMILES string of the molecule is CC(C)(C)OC(=O)c1ccc(NC(=O)Cc2ccon2)c(F)c1. The van der Waals surface area contributed by atoms with Gasteiger partial charge in [-0.3, -0.25) is 4.79 Å². The molecule has 23 heavy (non-hydrogen) atoms. The van der Waals surface area contributed by atoms with E-state index in [-0.39, 0.29) is 17.7 Å². The lowest BCUT2D eigenvalue weighted by Gasteiger charge is -2.19. The molecule has 1 aromatic carbocycles. The minimum atomic E-state index is -0.720. The molecule has 0 aliphatic rings. The van der Waals surface area contributed by atoms with Crippen LogP contribution in [0.5, 0.6) is 0 Å². The molecule has 0 radical (unpaired) electrons. The van der Waals surface area contributed by atoms with Crippen LogP contribution >= 0.6 is 0 Å². The van der Waals surface area contributed by atoms with E-state index in [4.69, 9.17) is 4.74 Å². The van der Waals surface area contributed by atoms with E-state index >= 15 is 0 Å². The molecule has 2 aromatic rings. The molecule has 0 unspecified atom stereocenters. The lowest BCUT2D eigenvalue weighted by atomic mass is 10.1. The van der Waals surface area contributed by atoms with Gasteiger partial charge in [0.2, 0.25) is 5.91 Å². The fourth-order valence-corrected chi connectivity index (χ4v) is 1.77. The smallest absolute Gasteiger partial charge is 0.338 e. The fraction of sp³-hybridized carbons (Fsp3) is 0.312. The normalized spacial score (nSPS) is 11.1. The van der Waals surface area contributed by atoms with Gasteiger partial charge in [-0.15, -0.1) is 0 Å². The molecule has 0 bridgehead atoms. The van der Waals surface area contributed by atoms with Gasteiger partial charge < -0.3 is 14.6 Å². The van der Waals surface area contributed by atoms with Gasteiger partial charge in [0.25, 0.3) is 0 Å². The molecule has 0 saturated carbocycles. The summed E-state index contributed by atoms with van der Waals surface area (Å²) in [4.78, 5) is 23.7. The summed E-state index contributed by atoms with van der Waals surface area (Å²) >= 11 is 0. The van der Waals surface area contributed by atoms with Crippen molar-refractivity contribution in [2.75, 3.05) is 5.32 Å². The van der Waals surface area contributed by atoms with E-state index in [0.29, 0.717) is 5.69 Å². The third-order valence-electron chi connectivity index (χ3n) is 2.71. The number of carbonyl (C=O) groups excluding carboxylic acids is 2. The van der Waals surface area contributed by atoms with Crippen LogP contribution in [0.2, 0.25) is 0 Å². The maximum absolute atomic E-state index is 14.0. The van der Waals surface area contributed by atoms with E-state index in [9.17, 15) is 14.0 Å². The van der Waals surface area contributed by atoms with Crippen LogP contribution in [0.15, 0.2) is 35.1 Å². The Morgan fingerprint density at radius 1 is 1.30 bits per heavy atom. The van der Waals surface area contributed by atoms with Crippen molar-refractivity contribution in [2.45, 2.75) is 32.8 Å². The molecular formula is C16H17FN2O4. The van der Waals surface area contributed by atoms with Crippen molar-refractivity contribution in [3.05, 3.63) is 47.6 Å². The summed E-state index contributed by atoms with van der Waals surface area (Å²) in [6.07, 6.45) is 1.31. The number of amides is 1. The van der Waals surface area contributed by atoms with Gasteiger partial charge in [0, 0.05) is 6.07 Å². The first-order chi connectivity index (χ1) is 10.7. The van der Waals surface area contributed by atoms with Crippen LogP contribution in [0.3, 0.4) is 0 Å². The van der Waals surface area contributed by atoms with Crippen LogP contribution in [-0.4, -0.2) is 22.6 Å². The third kappa shape index (κ3) is 4.91. The Bertz CT molecular complexity index is 705. The molecule has 1 N–H and O–H groups in total. The molecule has 0 aliphatic heterocycles. The summed E-state index contributed by atoms with van der Waals surface area (Å²) in [5.74, 6) is -1.79. The van der Waals surface area contributed by atoms with E-state index in [2.05, 4.69) is 15.0 Å². The van der Waals surface area contributed by atoms with E-state index in [0.717, 1.165) is 6.07 Å². The number of rotatable bonds is 4. The highest BCUT2D eigenvalue weighted by Gasteiger charge is 2.19. The molecule has 1 heterocycles. The maximum Gasteiger partial charge on any atom is 0.338 e. The van der Waals surface area contributed by atoms with Gasteiger partial charge in [-0.25, -0.2) is 9.18 Å². The first-order valence-corrected chi connectivity index (χ1v) is 6.96. The molecule has 1 amide bonds. The van der Waals surface area contributed by atoms with Crippen molar-refractivity contribution in [1.29, 1.82) is 0 Å². The summed E-state index contributed by atoms with van der Waals surface area (Å²) in [5.41, 5.74) is -0.177. The van der Waals surface area contributed by atoms with Crippen molar-refractivity contribution in [3.8, 4) is 0 Å². The third-order valence-corrected chi connectivity index (χ3v) is 2.71. The number of aromatic nitrogens is 1. The number of anilines is 1. The van der Waals surface area contributed by atoms with Crippen LogP contribution in [0.1, 0.15) is 36.8 Å². The molecule has 7 heteroatoms. The second-order valence-electron chi connectivity index (χ2n) is 5.91. The number of benzene rings is 1. The quantitative estimate of drug-likeness (QED) is 0.876. The van der Waals surface area contributed by atoms with Crippen molar-refractivity contribution in [3.63, 3.8) is 0 Å². The number of nitrogens with one attached hydrogen (secondary N) is 1. The monoisotopic (exact) mass is 320 g/mol. The molecule has 0 atom stereocenters. The van der Waals surface area contributed by atoms with Crippen molar-refractivity contribution in [2.24, 2.45) is 0 Å². The minimum absolute atomic E-state index is 0.0224. The Balaban J connectivity index is 2.04. The number of nitrogens with zero attached hydrogens (tertiary/aromatic N) is 1. The second-order valence-corrected chi connectivity index (χ2v) is 5.91. The number of halogens is 1. The Labute approximate surface area is 132 Å². The lowest BCUT2D eigenvalue weighted by molar-refractivity contribution is -0.115. The van der Waals surface area contributed by atoms with Crippen LogP contribution in [0, 0.1) is 5.82 Å². The summed E-state index contributed by atoms with van der Waals surface area (Å²) < 4.78 is 23.8. The van der Waals surface area contributed by atoms with Gasteiger partial charge in [-0.1, -0.05) is 5.16 Å². The van der Waals surface area contributed by atoms with Gasteiger partial charge in [0.15, 0.2) is 0 Å². The zero-order valence-electron chi connectivity index (χ0n) is 13.1. The first-order valence-electron chi connectivity index (χ1n) is 6.96. The van der Waals surface area contributed by atoms with E-state index < -0.39 is 23.3 Å². The predicted octanol–water partition coefficient (Wildman–Crippen LogP) is 2.95. The first kappa shape index (κ1) is 16.7. The second kappa shape index (κ2) is 6.60. The Kier molecular flexibility index (Phi) is 4.78. The van der Waals surface area contributed by atoms with Gasteiger partial charge in [0.05, 0.1) is 23.4 Å². The number of hydrogen-bond acceptors (Lipinski definition) is 5. The summed E-state index contributed by atoms with van der Waals surface area (Å²) in [6.45, 7) is 5.17. The zero-order chi connectivity index (χ0) is 17.0. The van der Waals surface area contributed by atoms with E-state index in [1.807, 2.05) is 0 Å². The number of esters is 1. The van der Waals surface area contributed by atoms with Gasteiger partial charge >= 0.3 is 5.97 Å². The number of hydrogen-bond donors (Lipinski definition) is 1. The minimum Gasteiger partial charge on any atom is -0.456 e. The van der Waals surface area contributed by atoms with Crippen molar-refractivity contribution in [1.82, 2.24) is 5.16 Å². The highest BCUT2D eigenvalue weighted by molar-refractivity contribution is 5.94. The van der Waals surface area contributed by atoms with Crippen LogP contribution < -0.4 is 5.32 Å². The fourth-order valence-electron chi connectivity index (χ4n) is 1.77. The van der Waals surface area contributed by atoms with Crippen LogP contribution in [-0.2, 0) is 16.0 Å². The Morgan fingerprint density at radius 3 is 2.61 bits per heavy atom. The average Bonchev–Trinajstić information content (AvgIpc) is 2.91. The standard InChI is InChI=1S/C16H17FN2O4/c1-16(2,3)23-15(21)10-4-5-13(12(17)8-10)18-14(20)9-11-6-7-22-19-11/h4-8H,9H2,1-3H3,(H,18,20). The highest BCUT2D eigenvalue weighted by Crippen LogP contribution is 2.19. The number of carbonyl (C=O) groups is 2. The summed E-state index contributed by atoms with van der Waals surface area (Å²) in [6, 6.07) is 5.28. The summed E-state index contributed by atoms with van der Waals surface area (Å²) in [5, 5.41) is 6.02. The van der Waals surface area contributed by atoms with Gasteiger partial charge in [-0.05, 0) is 39.0 Å². The van der Waals surface area contributed by atoms with Crippen molar-refractivity contribution < 1.29 is 23.2 Å². The maximum atomic E-state index is 14.0. The largest absolute Gasteiger partial charge is 0.456 e. The summed E-state index contributed by atoms with van der Waals surface area (Å²) in [7, 11) is 0.